The van der Waals surface area contributed by atoms with Gasteiger partial charge in [0.05, 0.1) is 12.6 Å². The third-order valence-electron chi connectivity index (χ3n) is 2.82. The first kappa shape index (κ1) is 12.4. The van der Waals surface area contributed by atoms with Gasteiger partial charge in [0.15, 0.2) is 6.04 Å². The fourth-order valence-electron chi connectivity index (χ4n) is 1.97. The second kappa shape index (κ2) is 6.05. The molecular formula is C12H14N4O2. The molecule has 0 saturated carbocycles. The van der Waals surface area contributed by atoms with Crippen molar-refractivity contribution in [3.63, 3.8) is 0 Å². The standard InChI is InChI=1S/C12H14N4O2/c13-16-15-11-10(9-5-2-1-3-6-9)14-7-4-8-18-12(11)17/h1-3,5-6,10-11,14H,4,7-8H2/t10-,11+/m0/s1. The Morgan fingerprint density at radius 1 is 1.39 bits per heavy atom. The van der Waals surface area contributed by atoms with E-state index in [1.807, 2.05) is 30.3 Å². The van der Waals surface area contributed by atoms with Crippen LogP contribution in [0.25, 0.3) is 10.4 Å². The molecule has 0 spiro atoms. The number of ether oxygens (including phenoxy) is 1. The van der Waals surface area contributed by atoms with Gasteiger partial charge in [-0.05, 0) is 24.1 Å². The maximum absolute atomic E-state index is 11.8. The molecule has 1 N–H and O–H groups in total. The number of nitrogens with zero attached hydrogens (tertiary/aromatic N) is 3. The summed E-state index contributed by atoms with van der Waals surface area (Å²) in [4.78, 5) is 14.6. The number of azide groups is 1. The Hall–Kier alpha value is -2.04. The van der Waals surface area contributed by atoms with Gasteiger partial charge in [-0.1, -0.05) is 35.4 Å². The van der Waals surface area contributed by atoms with Crippen molar-refractivity contribution in [1.82, 2.24) is 5.32 Å². The molecular weight excluding hydrogens is 232 g/mol. The Balaban J connectivity index is 2.31. The van der Waals surface area contributed by atoms with Gasteiger partial charge in [0, 0.05) is 4.91 Å². The molecule has 1 heterocycles. The molecule has 1 aromatic rings. The average Bonchev–Trinajstić information content (AvgIpc) is 2.39. The van der Waals surface area contributed by atoms with Gasteiger partial charge in [0.1, 0.15) is 0 Å². The first-order valence-electron chi connectivity index (χ1n) is 5.82. The SMILES string of the molecule is [N-]=[N+]=N[C@H]1C(=O)OCCCN[C@H]1c1ccccc1. The second-order valence-electron chi connectivity index (χ2n) is 4.01. The van der Waals surface area contributed by atoms with Crippen molar-refractivity contribution in [2.45, 2.75) is 18.5 Å². The van der Waals surface area contributed by atoms with E-state index in [9.17, 15) is 4.79 Å². The number of benzene rings is 1. The molecule has 0 aromatic heterocycles. The van der Waals surface area contributed by atoms with Crippen molar-refractivity contribution in [2.24, 2.45) is 5.11 Å². The molecule has 6 heteroatoms. The molecule has 0 aliphatic carbocycles. The Bertz CT molecular complexity index is 456. The van der Waals surface area contributed by atoms with E-state index in [0.717, 1.165) is 12.0 Å². The van der Waals surface area contributed by atoms with E-state index >= 15 is 0 Å². The molecule has 1 saturated heterocycles. The highest BCUT2D eigenvalue weighted by molar-refractivity contribution is 5.77. The smallest absolute Gasteiger partial charge is 0.316 e. The highest BCUT2D eigenvalue weighted by Gasteiger charge is 2.30. The maximum atomic E-state index is 11.8. The van der Waals surface area contributed by atoms with Gasteiger partial charge in [0.25, 0.3) is 0 Å². The van der Waals surface area contributed by atoms with Crippen LogP contribution in [0.15, 0.2) is 35.4 Å². The normalized spacial score (nSPS) is 24.3. The van der Waals surface area contributed by atoms with Gasteiger partial charge < -0.3 is 10.1 Å². The molecule has 18 heavy (non-hydrogen) atoms. The van der Waals surface area contributed by atoms with Gasteiger partial charge in [-0.15, -0.1) is 0 Å². The van der Waals surface area contributed by atoms with Crippen LogP contribution in [0.4, 0.5) is 0 Å². The highest BCUT2D eigenvalue weighted by atomic mass is 16.5. The summed E-state index contributed by atoms with van der Waals surface area (Å²) in [5.74, 6) is -0.478. The molecule has 0 amide bonds. The van der Waals surface area contributed by atoms with Crippen molar-refractivity contribution in [3.05, 3.63) is 46.3 Å². The zero-order chi connectivity index (χ0) is 12.8. The Kier molecular flexibility index (Phi) is 4.17. The van der Waals surface area contributed by atoms with E-state index in [2.05, 4.69) is 15.3 Å². The number of carbonyl (C=O) groups is 1. The summed E-state index contributed by atoms with van der Waals surface area (Å²) >= 11 is 0. The number of carbonyl (C=O) groups excluding carboxylic acids is 1. The summed E-state index contributed by atoms with van der Waals surface area (Å²) < 4.78 is 5.06. The average molecular weight is 246 g/mol. The van der Waals surface area contributed by atoms with Crippen molar-refractivity contribution >= 4 is 5.97 Å². The van der Waals surface area contributed by atoms with Crippen molar-refractivity contribution in [2.75, 3.05) is 13.2 Å². The minimum absolute atomic E-state index is 0.338. The largest absolute Gasteiger partial charge is 0.465 e. The van der Waals surface area contributed by atoms with Crippen molar-refractivity contribution in [3.8, 4) is 0 Å². The van der Waals surface area contributed by atoms with Crippen molar-refractivity contribution in [1.29, 1.82) is 0 Å². The highest BCUT2D eigenvalue weighted by Crippen LogP contribution is 2.22. The summed E-state index contributed by atoms with van der Waals surface area (Å²) in [7, 11) is 0. The Labute approximate surface area is 105 Å². The summed E-state index contributed by atoms with van der Waals surface area (Å²) in [5.41, 5.74) is 9.50. The summed E-state index contributed by atoms with van der Waals surface area (Å²) in [5, 5.41) is 6.81. The zero-order valence-electron chi connectivity index (χ0n) is 9.82. The molecule has 6 nitrogen and oxygen atoms in total. The number of nitrogens with one attached hydrogen (secondary N) is 1. The van der Waals surface area contributed by atoms with Crippen molar-refractivity contribution < 1.29 is 9.53 Å². The zero-order valence-corrected chi connectivity index (χ0v) is 9.82. The molecule has 0 unspecified atom stereocenters. The summed E-state index contributed by atoms with van der Waals surface area (Å²) in [6, 6.07) is 8.25. The number of hydrogen-bond acceptors (Lipinski definition) is 4. The minimum Gasteiger partial charge on any atom is -0.465 e. The Morgan fingerprint density at radius 2 is 2.17 bits per heavy atom. The van der Waals surface area contributed by atoms with E-state index < -0.39 is 12.0 Å². The van der Waals surface area contributed by atoms with E-state index in [4.69, 9.17) is 10.3 Å². The molecule has 0 radical (unpaired) electrons. The van der Waals surface area contributed by atoms with Crippen LogP contribution in [-0.4, -0.2) is 25.2 Å². The van der Waals surface area contributed by atoms with E-state index in [0.29, 0.717) is 13.2 Å². The molecule has 1 aliphatic rings. The first-order chi connectivity index (χ1) is 8.83. The quantitative estimate of drug-likeness (QED) is 0.374. The van der Waals surface area contributed by atoms with E-state index in [1.165, 1.54) is 0 Å². The molecule has 2 atom stereocenters. The van der Waals surface area contributed by atoms with Gasteiger partial charge in [-0.25, -0.2) is 0 Å². The summed E-state index contributed by atoms with van der Waals surface area (Å²) in [6.45, 7) is 1.06. The predicted molar refractivity (Wildman–Crippen MR) is 65.7 cm³/mol. The van der Waals surface area contributed by atoms with Gasteiger partial charge in [0.2, 0.25) is 0 Å². The van der Waals surface area contributed by atoms with Crippen LogP contribution in [0, 0.1) is 0 Å². The minimum atomic E-state index is -0.863. The second-order valence-corrected chi connectivity index (χ2v) is 4.01. The molecule has 94 valence electrons. The number of hydrogen-bond donors (Lipinski definition) is 1. The van der Waals surface area contributed by atoms with Crippen LogP contribution in [0.5, 0.6) is 0 Å². The third-order valence-corrected chi connectivity index (χ3v) is 2.82. The lowest BCUT2D eigenvalue weighted by Gasteiger charge is -2.26. The molecule has 0 bridgehead atoms. The Morgan fingerprint density at radius 3 is 2.89 bits per heavy atom. The van der Waals surface area contributed by atoms with Gasteiger partial charge in [-0.3, -0.25) is 4.79 Å². The van der Waals surface area contributed by atoms with Crippen LogP contribution < -0.4 is 5.32 Å². The predicted octanol–water partition coefficient (Wildman–Crippen LogP) is 1.94. The molecule has 2 rings (SSSR count). The molecule has 1 aromatic carbocycles. The van der Waals surface area contributed by atoms with Gasteiger partial charge in [-0.2, -0.15) is 0 Å². The van der Waals surface area contributed by atoms with Gasteiger partial charge >= 0.3 is 5.97 Å². The number of esters is 1. The lowest BCUT2D eigenvalue weighted by Crippen LogP contribution is -2.40. The van der Waals surface area contributed by atoms with Crippen LogP contribution >= 0.6 is 0 Å². The van der Waals surface area contributed by atoms with E-state index in [1.54, 1.807) is 0 Å². The first-order valence-corrected chi connectivity index (χ1v) is 5.82. The summed E-state index contributed by atoms with van der Waals surface area (Å²) in [6.07, 6.45) is 0.748. The van der Waals surface area contributed by atoms with E-state index in [-0.39, 0.29) is 6.04 Å². The van der Waals surface area contributed by atoms with Crippen LogP contribution in [0.1, 0.15) is 18.0 Å². The molecule has 1 fully saturated rings. The van der Waals surface area contributed by atoms with Crippen LogP contribution in [0.3, 0.4) is 0 Å². The maximum Gasteiger partial charge on any atom is 0.316 e. The molecule has 1 aliphatic heterocycles. The number of rotatable bonds is 2. The third kappa shape index (κ3) is 2.80. The number of cyclic esters (lactones) is 1. The van der Waals surface area contributed by atoms with Crippen LogP contribution in [-0.2, 0) is 9.53 Å². The monoisotopic (exact) mass is 246 g/mol. The fourth-order valence-corrected chi connectivity index (χ4v) is 1.97. The topological polar surface area (TPSA) is 87.1 Å². The fraction of sp³-hybridized carbons (Fsp3) is 0.417. The van der Waals surface area contributed by atoms with Crippen LogP contribution in [0.2, 0.25) is 0 Å². The lowest BCUT2D eigenvalue weighted by atomic mass is 9.99. The lowest BCUT2D eigenvalue weighted by molar-refractivity contribution is -0.146.